The second-order valence-corrected chi connectivity index (χ2v) is 4.25. The van der Waals surface area contributed by atoms with E-state index < -0.39 is 11.8 Å². The molecule has 0 spiro atoms. The number of aromatic carboxylic acids is 1. The Labute approximate surface area is 119 Å². The first kappa shape index (κ1) is 14.1. The minimum Gasteiger partial charge on any atom is -0.497 e. The monoisotopic (exact) mass is 296 g/mol. The van der Waals surface area contributed by atoms with Crippen molar-refractivity contribution in [2.24, 2.45) is 0 Å². The first-order valence-corrected chi connectivity index (χ1v) is 5.93. The van der Waals surface area contributed by atoms with Crippen molar-refractivity contribution < 1.29 is 23.8 Å². The molecular formula is C14H10ClFO4. The van der Waals surface area contributed by atoms with Gasteiger partial charge in [-0.15, -0.1) is 0 Å². The average molecular weight is 297 g/mol. The molecular weight excluding hydrogens is 287 g/mol. The highest BCUT2D eigenvalue weighted by Crippen LogP contribution is 2.33. The number of carboxylic acid groups (broad SMARTS) is 1. The summed E-state index contributed by atoms with van der Waals surface area (Å²) in [7, 11) is 1.45. The summed E-state index contributed by atoms with van der Waals surface area (Å²) in [4.78, 5) is 11.1. The SMILES string of the molecule is COc1ccc(C(=O)O)c(Oc2ccc(F)cc2Cl)c1. The Morgan fingerprint density at radius 2 is 1.95 bits per heavy atom. The van der Waals surface area contributed by atoms with E-state index in [-0.39, 0.29) is 22.1 Å². The minimum atomic E-state index is -1.15. The van der Waals surface area contributed by atoms with Crippen LogP contribution >= 0.6 is 11.6 Å². The smallest absolute Gasteiger partial charge is 0.339 e. The van der Waals surface area contributed by atoms with Crippen LogP contribution in [0.15, 0.2) is 36.4 Å². The van der Waals surface area contributed by atoms with Crippen LogP contribution in [0.1, 0.15) is 10.4 Å². The topological polar surface area (TPSA) is 55.8 Å². The zero-order chi connectivity index (χ0) is 14.7. The van der Waals surface area contributed by atoms with Crippen molar-refractivity contribution in [1.82, 2.24) is 0 Å². The van der Waals surface area contributed by atoms with Gasteiger partial charge in [-0.2, -0.15) is 0 Å². The Hall–Kier alpha value is -2.27. The molecule has 0 bridgehead atoms. The summed E-state index contributed by atoms with van der Waals surface area (Å²) < 4.78 is 23.4. The van der Waals surface area contributed by atoms with Gasteiger partial charge in [0.2, 0.25) is 0 Å². The molecule has 0 radical (unpaired) electrons. The van der Waals surface area contributed by atoms with Gasteiger partial charge in [0.1, 0.15) is 28.6 Å². The normalized spacial score (nSPS) is 10.2. The second kappa shape index (κ2) is 5.79. The van der Waals surface area contributed by atoms with Crippen molar-refractivity contribution >= 4 is 17.6 Å². The third kappa shape index (κ3) is 3.00. The van der Waals surface area contributed by atoms with Gasteiger partial charge in [0, 0.05) is 6.07 Å². The van der Waals surface area contributed by atoms with Crippen LogP contribution in [-0.2, 0) is 0 Å². The van der Waals surface area contributed by atoms with Crippen LogP contribution in [0.3, 0.4) is 0 Å². The Morgan fingerprint density at radius 1 is 1.20 bits per heavy atom. The van der Waals surface area contributed by atoms with E-state index in [0.717, 1.165) is 6.07 Å². The molecule has 4 nitrogen and oxygen atoms in total. The van der Waals surface area contributed by atoms with Gasteiger partial charge in [0.15, 0.2) is 0 Å². The molecule has 0 saturated carbocycles. The number of halogens is 2. The van der Waals surface area contributed by atoms with Gasteiger partial charge < -0.3 is 14.6 Å². The van der Waals surface area contributed by atoms with Crippen LogP contribution in [0.25, 0.3) is 0 Å². The fourth-order valence-corrected chi connectivity index (χ4v) is 1.77. The molecule has 2 aromatic rings. The van der Waals surface area contributed by atoms with Gasteiger partial charge in [0.25, 0.3) is 0 Å². The number of hydrogen-bond donors (Lipinski definition) is 1. The molecule has 0 atom stereocenters. The van der Waals surface area contributed by atoms with Crippen LogP contribution in [0, 0.1) is 5.82 Å². The number of rotatable bonds is 4. The highest BCUT2D eigenvalue weighted by Gasteiger charge is 2.15. The van der Waals surface area contributed by atoms with Crippen molar-refractivity contribution in [2.45, 2.75) is 0 Å². The van der Waals surface area contributed by atoms with E-state index in [9.17, 15) is 9.18 Å². The summed E-state index contributed by atoms with van der Waals surface area (Å²) >= 11 is 5.84. The summed E-state index contributed by atoms with van der Waals surface area (Å²) in [6, 6.07) is 7.85. The average Bonchev–Trinajstić information content (AvgIpc) is 2.41. The van der Waals surface area contributed by atoms with Gasteiger partial charge in [0.05, 0.1) is 12.1 Å². The molecule has 0 aliphatic carbocycles. The van der Waals surface area contributed by atoms with Crippen molar-refractivity contribution in [3.05, 3.63) is 52.8 Å². The van der Waals surface area contributed by atoms with Crippen molar-refractivity contribution in [1.29, 1.82) is 0 Å². The van der Waals surface area contributed by atoms with E-state index in [0.29, 0.717) is 5.75 Å². The molecule has 0 fully saturated rings. The summed E-state index contributed by atoms with van der Waals surface area (Å²) in [5.41, 5.74) is -0.0498. The highest BCUT2D eigenvalue weighted by molar-refractivity contribution is 6.32. The lowest BCUT2D eigenvalue weighted by molar-refractivity contribution is 0.0694. The van der Waals surface area contributed by atoms with Crippen LogP contribution in [0.4, 0.5) is 4.39 Å². The lowest BCUT2D eigenvalue weighted by Crippen LogP contribution is -2.00. The Balaban J connectivity index is 2.43. The predicted octanol–water partition coefficient (Wildman–Crippen LogP) is 3.98. The van der Waals surface area contributed by atoms with E-state index >= 15 is 0 Å². The largest absolute Gasteiger partial charge is 0.497 e. The quantitative estimate of drug-likeness (QED) is 0.927. The van der Waals surface area contributed by atoms with E-state index in [1.807, 2.05) is 0 Å². The maximum absolute atomic E-state index is 13.0. The number of carboxylic acids is 1. The number of benzene rings is 2. The molecule has 0 unspecified atom stereocenters. The summed E-state index contributed by atoms with van der Waals surface area (Å²) in [5, 5.41) is 9.15. The van der Waals surface area contributed by atoms with Crippen LogP contribution in [0.2, 0.25) is 5.02 Å². The zero-order valence-electron chi connectivity index (χ0n) is 10.4. The minimum absolute atomic E-state index is 0.0455. The number of ether oxygens (including phenoxy) is 2. The molecule has 0 aliphatic rings. The maximum atomic E-state index is 13.0. The van der Waals surface area contributed by atoms with Crippen LogP contribution in [0.5, 0.6) is 17.2 Å². The van der Waals surface area contributed by atoms with E-state index in [4.69, 9.17) is 26.2 Å². The Morgan fingerprint density at radius 3 is 2.55 bits per heavy atom. The van der Waals surface area contributed by atoms with Crippen molar-refractivity contribution in [2.75, 3.05) is 7.11 Å². The number of methoxy groups -OCH3 is 1. The molecule has 0 amide bonds. The standard InChI is InChI=1S/C14H10ClFO4/c1-19-9-3-4-10(14(17)18)13(7-9)20-12-5-2-8(16)6-11(12)15/h2-7H,1H3,(H,17,18). The van der Waals surface area contributed by atoms with Gasteiger partial charge in [-0.1, -0.05) is 11.6 Å². The first-order chi connectivity index (χ1) is 9.51. The van der Waals surface area contributed by atoms with E-state index in [2.05, 4.69) is 0 Å². The molecule has 1 N–H and O–H groups in total. The first-order valence-electron chi connectivity index (χ1n) is 5.55. The van der Waals surface area contributed by atoms with E-state index in [1.165, 1.54) is 37.4 Å². The molecule has 104 valence electrons. The molecule has 0 heterocycles. The molecule has 0 aliphatic heterocycles. The molecule has 2 rings (SSSR count). The van der Waals surface area contributed by atoms with Gasteiger partial charge in [-0.05, 0) is 30.3 Å². The Kier molecular flexibility index (Phi) is 4.10. The third-order valence-electron chi connectivity index (χ3n) is 2.53. The third-order valence-corrected chi connectivity index (χ3v) is 2.83. The summed E-state index contributed by atoms with van der Waals surface area (Å²) in [5.74, 6) is -1.01. The molecule has 6 heteroatoms. The van der Waals surface area contributed by atoms with Crippen molar-refractivity contribution in [3.8, 4) is 17.2 Å². The van der Waals surface area contributed by atoms with E-state index in [1.54, 1.807) is 0 Å². The molecule has 20 heavy (non-hydrogen) atoms. The highest BCUT2D eigenvalue weighted by atomic mass is 35.5. The fraction of sp³-hybridized carbons (Fsp3) is 0.0714. The number of hydrogen-bond acceptors (Lipinski definition) is 3. The van der Waals surface area contributed by atoms with Crippen molar-refractivity contribution in [3.63, 3.8) is 0 Å². The van der Waals surface area contributed by atoms with Gasteiger partial charge in [-0.25, -0.2) is 9.18 Å². The predicted molar refractivity (Wildman–Crippen MR) is 71.4 cm³/mol. The lowest BCUT2D eigenvalue weighted by Gasteiger charge is -2.11. The van der Waals surface area contributed by atoms with Gasteiger partial charge in [-0.3, -0.25) is 0 Å². The zero-order valence-corrected chi connectivity index (χ0v) is 11.1. The lowest BCUT2D eigenvalue weighted by atomic mass is 10.2. The maximum Gasteiger partial charge on any atom is 0.339 e. The van der Waals surface area contributed by atoms with Crippen LogP contribution < -0.4 is 9.47 Å². The molecule has 2 aromatic carbocycles. The number of carbonyl (C=O) groups is 1. The second-order valence-electron chi connectivity index (χ2n) is 3.84. The molecule has 0 saturated heterocycles. The molecule has 0 aromatic heterocycles. The Bertz CT molecular complexity index is 658. The van der Waals surface area contributed by atoms with Gasteiger partial charge >= 0.3 is 5.97 Å². The summed E-state index contributed by atoms with van der Waals surface area (Å²) in [6.45, 7) is 0. The summed E-state index contributed by atoms with van der Waals surface area (Å²) in [6.07, 6.45) is 0. The van der Waals surface area contributed by atoms with Crippen LogP contribution in [-0.4, -0.2) is 18.2 Å². The fourth-order valence-electron chi connectivity index (χ4n) is 1.57.